The molecule has 0 spiro atoms. The molecule has 1 aromatic carbocycles. The number of methoxy groups -OCH3 is 1. The third kappa shape index (κ3) is 3.14. The van der Waals surface area contributed by atoms with Crippen LogP contribution in [0.2, 0.25) is 5.02 Å². The van der Waals surface area contributed by atoms with Gasteiger partial charge in [-0.2, -0.15) is 5.10 Å². The minimum Gasteiger partial charge on any atom is -0.496 e. The average Bonchev–Trinajstić information content (AvgIpc) is 2.98. The molecule has 1 fully saturated rings. The van der Waals surface area contributed by atoms with Gasteiger partial charge in [0.25, 0.3) is 0 Å². The van der Waals surface area contributed by atoms with Gasteiger partial charge in [0.15, 0.2) is 0 Å². The quantitative estimate of drug-likeness (QED) is 0.786. The summed E-state index contributed by atoms with van der Waals surface area (Å²) in [5.74, 6) is 0.564. The summed E-state index contributed by atoms with van der Waals surface area (Å²) in [6.45, 7) is 5.14. The third-order valence-corrected chi connectivity index (χ3v) is 4.82. The van der Waals surface area contributed by atoms with Crippen LogP contribution in [0, 0.1) is 0 Å². The van der Waals surface area contributed by atoms with Gasteiger partial charge in [-0.25, -0.2) is 0 Å². The Hall–Kier alpha value is -2.54. The minimum atomic E-state index is -0.885. The first-order valence-corrected chi connectivity index (χ1v) is 8.70. The monoisotopic (exact) mass is 376 g/mol. The number of halogens is 1. The average molecular weight is 377 g/mol. The first-order chi connectivity index (χ1) is 12.4. The zero-order valence-corrected chi connectivity index (χ0v) is 15.7. The van der Waals surface area contributed by atoms with Crippen molar-refractivity contribution >= 4 is 29.6 Å². The van der Waals surface area contributed by atoms with Gasteiger partial charge in [0.05, 0.1) is 19.0 Å². The molecule has 3 rings (SSSR count). The van der Waals surface area contributed by atoms with Crippen molar-refractivity contribution in [1.82, 2.24) is 14.7 Å². The lowest BCUT2D eigenvalue weighted by molar-refractivity contribution is -0.143. The van der Waals surface area contributed by atoms with Crippen LogP contribution in [0.5, 0.6) is 5.75 Å². The second-order valence-corrected chi connectivity index (χ2v) is 7.08. The molecule has 26 heavy (non-hydrogen) atoms. The van der Waals surface area contributed by atoms with Crippen LogP contribution in [-0.4, -0.2) is 47.2 Å². The van der Waals surface area contributed by atoms with Gasteiger partial charge in [-0.1, -0.05) is 11.6 Å². The molecule has 138 valence electrons. The Morgan fingerprint density at radius 3 is 2.69 bits per heavy atom. The summed E-state index contributed by atoms with van der Waals surface area (Å²) in [5, 5.41) is 7.75. The molecule has 0 aliphatic carbocycles. The van der Waals surface area contributed by atoms with Crippen LogP contribution in [-0.2, 0) is 15.1 Å². The van der Waals surface area contributed by atoms with Gasteiger partial charge in [-0.15, -0.1) is 0 Å². The first kappa shape index (κ1) is 18.3. The highest BCUT2D eigenvalue weighted by Crippen LogP contribution is 2.37. The molecule has 8 heteroatoms. The number of nitrogens with one attached hydrogen (secondary N) is 1. The molecule has 0 saturated carbocycles. The molecule has 2 heterocycles. The van der Waals surface area contributed by atoms with E-state index in [0.29, 0.717) is 34.1 Å². The summed E-state index contributed by atoms with van der Waals surface area (Å²) in [6.07, 6.45) is 3.25. The highest BCUT2D eigenvalue weighted by atomic mass is 35.5. The molecule has 0 atom stereocenters. The number of ether oxygens (including phenoxy) is 1. The van der Waals surface area contributed by atoms with E-state index in [0.717, 1.165) is 19.5 Å². The fraction of sp³-hybridized carbons (Fsp3) is 0.389. The van der Waals surface area contributed by atoms with E-state index in [4.69, 9.17) is 16.3 Å². The van der Waals surface area contributed by atoms with Crippen molar-refractivity contribution < 1.29 is 14.3 Å². The van der Waals surface area contributed by atoms with E-state index in [-0.39, 0.29) is 5.91 Å². The van der Waals surface area contributed by atoms with Crippen LogP contribution < -0.4 is 10.1 Å². The third-order valence-electron chi connectivity index (χ3n) is 4.58. The van der Waals surface area contributed by atoms with E-state index in [1.165, 1.54) is 0 Å². The molecular weight excluding hydrogens is 356 g/mol. The van der Waals surface area contributed by atoms with Gasteiger partial charge in [0, 0.05) is 23.7 Å². The number of carbonyl (C=O) groups excluding carboxylic acids is 2. The molecule has 2 aromatic rings. The maximum Gasteiger partial charge on any atom is 0.249 e. The largest absolute Gasteiger partial charge is 0.496 e. The van der Waals surface area contributed by atoms with E-state index in [9.17, 15) is 9.59 Å². The van der Waals surface area contributed by atoms with Crippen LogP contribution in [0.1, 0.15) is 20.3 Å². The summed E-state index contributed by atoms with van der Waals surface area (Å²) in [5.41, 5.74) is 0.713. The molecule has 0 unspecified atom stereocenters. The highest BCUT2D eigenvalue weighted by molar-refractivity contribution is 6.31. The Morgan fingerprint density at radius 2 is 2.12 bits per heavy atom. The normalized spacial score (nSPS) is 13.9. The van der Waals surface area contributed by atoms with Crippen molar-refractivity contribution in [1.29, 1.82) is 0 Å². The number of nitrogens with zero attached hydrogens (tertiary/aromatic N) is 3. The molecule has 1 saturated heterocycles. The van der Waals surface area contributed by atoms with Gasteiger partial charge in [0.2, 0.25) is 12.3 Å². The van der Waals surface area contributed by atoms with Crippen molar-refractivity contribution in [2.75, 3.05) is 25.5 Å². The standard InChI is InChI=1S/C18H21ClN4O3/c1-18(2,17(25)22-7-4-8-22)23-10-14(20-11-24)16(21-23)13-9-12(19)5-6-15(13)26-3/h5-6,9-11H,4,7-8H2,1-3H3,(H,20,24). The lowest BCUT2D eigenvalue weighted by atomic mass is 10.0. The summed E-state index contributed by atoms with van der Waals surface area (Å²) in [6, 6.07) is 5.16. The molecule has 0 bridgehead atoms. The van der Waals surface area contributed by atoms with Crippen molar-refractivity contribution in [2.45, 2.75) is 25.8 Å². The van der Waals surface area contributed by atoms with E-state index in [2.05, 4.69) is 10.4 Å². The summed E-state index contributed by atoms with van der Waals surface area (Å²) < 4.78 is 6.97. The number of rotatable bonds is 6. The molecular formula is C18H21ClN4O3. The second-order valence-electron chi connectivity index (χ2n) is 6.65. The Morgan fingerprint density at radius 1 is 1.38 bits per heavy atom. The van der Waals surface area contributed by atoms with Gasteiger partial charge in [-0.05, 0) is 38.5 Å². The zero-order valence-electron chi connectivity index (χ0n) is 15.0. The first-order valence-electron chi connectivity index (χ1n) is 8.32. The summed E-state index contributed by atoms with van der Waals surface area (Å²) in [7, 11) is 1.55. The molecule has 1 N–H and O–H groups in total. The van der Waals surface area contributed by atoms with E-state index in [1.54, 1.807) is 41.1 Å². The smallest absolute Gasteiger partial charge is 0.249 e. The number of anilines is 1. The van der Waals surface area contributed by atoms with Crippen molar-refractivity contribution in [3.63, 3.8) is 0 Å². The number of hydrogen-bond acceptors (Lipinski definition) is 4. The van der Waals surface area contributed by atoms with Crippen LogP contribution >= 0.6 is 11.6 Å². The number of carbonyl (C=O) groups is 2. The summed E-state index contributed by atoms with van der Waals surface area (Å²) >= 11 is 6.13. The minimum absolute atomic E-state index is 0.00601. The lowest BCUT2D eigenvalue weighted by Gasteiger charge is -2.37. The Kier molecular flexibility index (Phi) is 4.91. The Bertz CT molecular complexity index is 843. The molecule has 2 amide bonds. The number of benzene rings is 1. The molecule has 0 radical (unpaired) electrons. The van der Waals surface area contributed by atoms with Crippen molar-refractivity contribution in [3.8, 4) is 17.0 Å². The van der Waals surface area contributed by atoms with Crippen LogP contribution in [0.25, 0.3) is 11.3 Å². The highest BCUT2D eigenvalue weighted by Gasteiger charge is 2.37. The predicted octanol–water partition coefficient (Wildman–Crippen LogP) is 2.75. The second kappa shape index (κ2) is 6.99. The van der Waals surface area contributed by atoms with Crippen LogP contribution in [0.3, 0.4) is 0 Å². The molecule has 1 aliphatic heterocycles. The lowest BCUT2D eigenvalue weighted by Crippen LogP contribution is -2.52. The maximum absolute atomic E-state index is 12.8. The zero-order chi connectivity index (χ0) is 18.9. The van der Waals surface area contributed by atoms with E-state index < -0.39 is 5.54 Å². The summed E-state index contributed by atoms with van der Waals surface area (Å²) in [4.78, 5) is 25.6. The van der Waals surface area contributed by atoms with Gasteiger partial charge < -0.3 is 15.0 Å². The molecule has 7 nitrogen and oxygen atoms in total. The van der Waals surface area contributed by atoms with Gasteiger partial charge >= 0.3 is 0 Å². The molecule has 1 aromatic heterocycles. The fourth-order valence-electron chi connectivity index (χ4n) is 2.90. The Balaban J connectivity index is 2.08. The van der Waals surface area contributed by atoms with Crippen LogP contribution in [0.4, 0.5) is 5.69 Å². The SMILES string of the molecule is COc1ccc(Cl)cc1-c1nn(C(C)(C)C(=O)N2CCC2)cc1NC=O. The van der Waals surface area contributed by atoms with Crippen molar-refractivity contribution in [2.24, 2.45) is 0 Å². The van der Waals surface area contributed by atoms with Gasteiger partial charge in [0.1, 0.15) is 17.0 Å². The topological polar surface area (TPSA) is 76.5 Å². The number of hydrogen-bond donors (Lipinski definition) is 1. The van der Waals surface area contributed by atoms with Crippen molar-refractivity contribution in [3.05, 3.63) is 29.4 Å². The number of aromatic nitrogens is 2. The van der Waals surface area contributed by atoms with Crippen LogP contribution in [0.15, 0.2) is 24.4 Å². The maximum atomic E-state index is 12.8. The predicted molar refractivity (Wildman–Crippen MR) is 99.4 cm³/mol. The van der Waals surface area contributed by atoms with Gasteiger partial charge in [-0.3, -0.25) is 14.3 Å². The Labute approximate surface area is 156 Å². The van der Waals surface area contributed by atoms with E-state index >= 15 is 0 Å². The number of likely N-dealkylation sites (tertiary alicyclic amines) is 1. The number of amides is 2. The fourth-order valence-corrected chi connectivity index (χ4v) is 3.07. The van der Waals surface area contributed by atoms with E-state index in [1.807, 2.05) is 13.8 Å². The molecule has 1 aliphatic rings.